The van der Waals surface area contributed by atoms with Crippen molar-refractivity contribution in [3.8, 4) is 11.5 Å². The predicted molar refractivity (Wildman–Crippen MR) is 114 cm³/mol. The first-order valence-corrected chi connectivity index (χ1v) is 11.2. The second-order valence-electron chi connectivity index (χ2n) is 7.23. The highest BCUT2D eigenvalue weighted by atomic mass is 35.5. The van der Waals surface area contributed by atoms with E-state index in [4.69, 9.17) is 21.1 Å². The molecule has 2 aliphatic heterocycles. The standard InChI is InChI=1S/C20H23ClN4O4S/c21-15-9-13(10-16-17(15)29-7-2-6-28-16)11-23-20(27)25-5-1-3-14(12-25)18(26)24-19-22-4-8-30-19/h4,8-10,14H,1-3,5-7,11-12H2,(H,23,27)(H,22,24,26). The lowest BCUT2D eigenvalue weighted by Crippen LogP contribution is -2.47. The molecule has 8 nitrogen and oxygen atoms in total. The van der Waals surface area contributed by atoms with Gasteiger partial charge in [-0.2, -0.15) is 0 Å². The van der Waals surface area contributed by atoms with Crippen LogP contribution in [0.2, 0.25) is 5.02 Å². The first-order chi connectivity index (χ1) is 14.6. The largest absolute Gasteiger partial charge is 0.489 e. The first kappa shape index (κ1) is 20.7. The van der Waals surface area contributed by atoms with Crippen LogP contribution in [0.4, 0.5) is 9.93 Å². The molecule has 1 aromatic heterocycles. The molecule has 1 aromatic carbocycles. The number of fused-ring (bicyclic) bond motifs is 1. The van der Waals surface area contributed by atoms with Crippen molar-refractivity contribution in [3.63, 3.8) is 0 Å². The minimum absolute atomic E-state index is 0.0999. The number of carbonyl (C=O) groups excluding carboxylic acids is 2. The van der Waals surface area contributed by atoms with Crippen LogP contribution in [0.25, 0.3) is 0 Å². The van der Waals surface area contributed by atoms with Gasteiger partial charge in [0.1, 0.15) is 0 Å². The molecule has 4 rings (SSSR count). The van der Waals surface area contributed by atoms with E-state index in [9.17, 15) is 9.59 Å². The maximum atomic E-state index is 12.7. The third-order valence-corrected chi connectivity index (χ3v) is 6.02. The Balaban J connectivity index is 1.33. The zero-order valence-corrected chi connectivity index (χ0v) is 17.9. The fraction of sp³-hybridized carbons (Fsp3) is 0.450. The molecule has 1 fully saturated rings. The van der Waals surface area contributed by atoms with Gasteiger partial charge in [-0.25, -0.2) is 9.78 Å². The summed E-state index contributed by atoms with van der Waals surface area (Å²) in [5, 5.41) is 8.58. The lowest BCUT2D eigenvalue weighted by atomic mass is 9.97. The van der Waals surface area contributed by atoms with E-state index < -0.39 is 0 Å². The molecule has 2 aliphatic rings. The molecule has 3 heterocycles. The highest BCUT2D eigenvalue weighted by Gasteiger charge is 2.29. The van der Waals surface area contributed by atoms with Gasteiger partial charge in [-0.3, -0.25) is 4.79 Å². The molecule has 2 aromatic rings. The number of likely N-dealkylation sites (tertiary alicyclic amines) is 1. The van der Waals surface area contributed by atoms with Crippen molar-refractivity contribution in [3.05, 3.63) is 34.3 Å². The Labute approximate surface area is 183 Å². The molecule has 0 radical (unpaired) electrons. The number of amides is 3. The molecule has 1 unspecified atom stereocenters. The molecule has 0 bridgehead atoms. The molecule has 0 aliphatic carbocycles. The number of thiazole rings is 1. The average molecular weight is 451 g/mol. The second kappa shape index (κ2) is 9.53. The lowest BCUT2D eigenvalue weighted by Gasteiger charge is -2.32. The van der Waals surface area contributed by atoms with E-state index in [1.54, 1.807) is 17.2 Å². The second-order valence-corrected chi connectivity index (χ2v) is 8.53. The Morgan fingerprint density at radius 3 is 2.97 bits per heavy atom. The molecule has 0 saturated carbocycles. The topological polar surface area (TPSA) is 92.8 Å². The molecule has 30 heavy (non-hydrogen) atoms. The molecular formula is C20H23ClN4O4S. The zero-order valence-electron chi connectivity index (χ0n) is 16.4. The Morgan fingerprint density at radius 1 is 1.27 bits per heavy atom. The van der Waals surface area contributed by atoms with E-state index in [-0.39, 0.29) is 17.9 Å². The normalized spacial score (nSPS) is 18.4. The van der Waals surface area contributed by atoms with Gasteiger partial charge in [0.05, 0.1) is 24.2 Å². The highest BCUT2D eigenvalue weighted by molar-refractivity contribution is 7.13. The molecule has 1 atom stereocenters. The molecule has 2 N–H and O–H groups in total. The number of hydrogen-bond donors (Lipinski definition) is 2. The van der Waals surface area contributed by atoms with Crippen LogP contribution < -0.4 is 20.1 Å². The van der Waals surface area contributed by atoms with Gasteiger partial charge in [0.25, 0.3) is 0 Å². The third-order valence-electron chi connectivity index (χ3n) is 5.05. The number of nitrogens with zero attached hydrogens (tertiary/aromatic N) is 2. The summed E-state index contributed by atoms with van der Waals surface area (Å²) in [5.74, 6) is 0.800. The van der Waals surface area contributed by atoms with Crippen LogP contribution in [0, 0.1) is 5.92 Å². The number of rotatable bonds is 4. The zero-order chi connectivity index (χ0) is 20.9. The molecule has 160 valence electrons. The van der Waals surface area contributed by atoms with Gasteiger partial charge in [-0.05, 0) is 30.5 Å². The van der Waals surface area contributed by atoms with E-state index in [0.29, 0.717) is 54.5 Å². The molecule has 1 saturated heterocycles. The number of ether oxygens (including phenoxy) is 2. The van der Waals surface area contributed by atoms with Crippen molar-refractivity contribution in [2.24, 2.45) is 5.92 Å². The van der Waals surface area contributed by atoms with Gasteiger partial charge in [0, 0.05) is 37.6 Å². The molecular weight excluding hydrogens is 428 g/mol. The minimum Gasteiger partial charge on any atom is -0.489 e. The molecule has 0 spiro atoms. The molecule has 10 heteroatoms. The number of nitrogens with one attached hydrogen (secondary N) is 2. The minimum atomic E-state index is -0.249. The number of piperidine rings is 1. The van der Waals surface area contributed by atoms with E-state index in [1.165, 1.54) is 11.3 Å². The summed E-state index contributed by atoms with van der Waals surface area (Å²) in [5.41, 5.74) is 0.827. The Bertz CT molecular complexity index is 908. The lowest BCUT2D eigenvalue weighted by molar-refractivity contribution is -0.121. The quantitative estimate of drug-likeness (QED) is 0.743. The number of benzene rings is 1. The van der Waals surface area contributed by atoms with Crippen LogP contribution >= 0.6 is 22.9 Å². The predicted octanol–water partition coefficient (Wildman–Crippen LogP) is 3.52. The van der Waals surface area contributed by atoms with E-state index in [0.717, 1.165) is 24.8 Å². The number of aromatic nitrogens is 1. The van der Waals surface area contributed by atoms with Crippen molar-refractivity contribution >= 4 is 40.0 Å². The summed E-state index contributed by atoms with van der Waals surface area (Å²) in [6, 6.07) is 3.41. The molecule has 3 amide bonds. The highest BCUT2D eigenvalue weighted by Crippen LogP contribution is 2.38. The van der Waals surface area contributed by atoms with Gasteiger partial charge < -0.3 is 25.0 Å². The van der Waals surface area contributed by atoms with Crippen LogP contribution in [0.15, 0.2) is 23.7 Å². The van der Waals surface area contributed by atoms with Crippen LogP contribution in [0.1, 0.15) is 24.8 Å². The van der Waals surface area contributed by atoms with Crippen LogP contribution in [0.3, 0.4) is 0 Å². The number of urea groups is 1. The van der Waals surface area contributed by atoms with Crippen LogP contribution in [-0.4, -0.2) is 48.1 Å². The SMILES string of the molecule is O=C(Nc1nccs1)C1CCCN(C(=O)NCc2cc(Cl)c3c(c2)OCCCO3)C1. The summed E-state index contributed by atoms with van der Waals surface area (Å²) >= 11 is 7.69. The maximum Gasteiger partial charge on any atom is 0.317 e. The Kier molecular flexibility index (Phi) is 6.59. The van der Waals surface area contributed by atoms with Crippen LogP contribution in [-0.2, 0) is 11.3 Å². The number of carbonyl (C=O) groups is 2. The van der Waals surface area contributed by atoms with Gasteiger partial charge in [-0.1, -0.05) is 11.6 Å². The first-order valence-electron chi connectivity index (χ1n) is 9.91. The van der Waals surface area contributed by atoms with Crippen molar-refractivity contribution in [1.82, 2.24) is 15.2 Å². The Morgan fingerprint density at radius 2 is 2.13 bits per heavy atom. The summed E-state index contributed by atoms with van der Waals surface area (Å²) in [6.45, 7) is 2.44. The van der Waals surface area contributed by atoms with Crippen LogP contribution in [0.5, 0.6) is 11.5 Å². The average Bonchev–Trinajstić information content (AvgIpc) is 3.14. The summed E-state index contributed by atoms with van der Waals surface area (Å²) in [7, 11) is 0. The van der Waals surface area contributed by atoms with E-state index in [2.05, 4.69) is 15.6 Å². The van der Waals surface area contributed by atoms with Gasteiger partial charge >= 0.3 is 6.03 Å². The van der Waals surface area contributed by atoms with Crippen molar-refractivity contribution in [1.29, 1.82) is 0 Å². The number of halogens is 1. The summed E-state index contributed by atoms with van der Waals surface area (Å²) in [6.07, 6.45) is 3.97. The summed E-state index contributed by atoms with van der Waals surface area (Å²) in [4.78, 5) is 30.9. The smallest absolute Gasteiger partial charge is 0.317 e. The number of hydrogen-bond acceptors (Lipinski definition) is 6. The maximum absolute atomic E-state index is 12.7. The van der Waals surface area contributed by atoms with Gasteiger partial charge in [0.15, 0.2) is 16.6 Å². The van der Waals surface area contributed by atoms with Gasteiger partial charge in [-0.15, -0.1) is 11.3 Å². The fourth-order valence-electron chi connectivity index (χ4n) is 3.54. The van der Waals surface area contributed by atoms with E-state index >= 15 is 0 Å². The monoisotopic (exact) mass is 450 g/mol. The summed E-state index contributed by atoms with van der Waals surface area (Å²) < 4.78 is 11.3. The van der Waals surface area contributed by atoms with Crippen molar-refractivity contribution < 1.29 is 19.1 Å². The van der Waals surface area contributed by atoms with E-state index in [1.807, 2.05) is 11.4 Å². The van der Waals surface area contributed by atoms with Crippen molar-refractivity contribution in [2.45, 2.75) is 25.8 Å². The fourth-order valence-corrected chi connectivity index (χ4v) is 4.36. The van der Waals surface area contributed by atoms with Gasteiger partial charge in [0.2, 0.25) is 5.91 Å². The Hall–Kier alpha value is -2.52. The van der Waals surface area contributed by atoms with Crippen molar-refractivity contribution in [2.75, 3.05) is 31.6 Å². The third kappa shape index (κ3) is 4.96. The number of anilines is 1.